The van der Waals surface area contributed by atoms with E-state index in [2.05, 4.69) is 48.1 Å². The Morgan fingerprint density at radius 2 is 2.06 bits per heavy atom. The third-order valence-electron chi connectivity index (χ3n) is 2.59. The minimum Gasteiger partial charge on any atom is -0.477 e. The molecule has 0 unspecified atom stereocenters. The molecule has 1 aromatic heterocycles. The normalized spacial score (nSPS) is 10.7. The molecule has 1 aromatic rings. The van der Waals surface area contributed by atoms with Gasteiger partial charge in [-0.15, -0.1) is 0 Å². The zero-order valence-electron chi connectivity index (χ0n) is 11.9. The summed E-state index contributed by atoms with van der Waals surface area (Å²) >= 11 is 0. The van der Waals surface area contributed by atoms with Crippen LogP contribution in [0.5, 0.6) is 5.88 Å². The average molecular weight is 252 g/mol. The quantitative estimate of drug-likeness (QED) is 0.715. The first-order chi connectivity index (χ1) is 8.69. The van der Waals surface area contributed by atoms with Crippen molar-refractivity contribution in [3.05, 3.63) is 11.9 Å². The van der Waals surface area contributed by atoms with Gasteiger partial charge in [0.25, 0.3) is 0 Å². The van der Waals surface area contributed by atoms with Gasteiger partial charge in [0, 0.05) is 13.1 Å². The lowest BCUT2D eigenvalue weighted by Gasteiger charge is -2.14. The number of anilines is 1. The molecule has 1 heterocycles. The van der Waals surface area contributed by atoms with Crippen molar-refractivity contribution in [2.75, 3.05) is 39.1 Å². The first-order valence-electron chi connectivity index (χ1n) is 6.54. The van der Waals surface area contributed by atoms with Gasteiger partial charge in [0.1, 0.15) is 12.1 Å². The zero-order chi connectivity index (χ0) is 13.4. The molecular weight excluding hydrogens is 228 g/mol. The summed E-state index contributed by atoms with van der Waals surface area (Å²) in [6.45, 7) is 6.70. The summed E-state index contributed by atoms with van der Waals surface area (Å²) in [4.78, 5) is 10.6. The van der Waals surface area contributed by atoms with Crippen LogP contribution in [0.2, 0.25) is 0 Å². The van der Waals surface area contributed by atoms with Crippen molar-refractivity contribution in [3.8, 4) is 5.88 Å². The van der Waals surface area contributed by atoms with Crippen molar-refractivity contribution in [1.82, 2.24) is 14.9 Å². The molecule has 102 valence electrons. The summed E-state index contributed by atoms with van der Waals surface area (Å²) in [5, 5.41) is 3.24. The van der Waals surface area contributed by atoms with E-state index in [1.165, 1.54) is 0 Å². The van der Waals surface area contributed by atoms with Crippen molar-refractivity contribution in [2.24, 2.45) is 0 Å². The van der Waals surface area contributed by atoms with Gasteiger partial charge in [-0.25, -0.2) is 9.97 Å². The van der Waals surface area contributed by atoms with Crippen LogP contribution in [-0.2, 0) is 6.42 Å². The lowest BCUT2D eigenvalue weighted by molar-refractivity contribution is 0.270. The predicted octanol–water partition coefficient (Wildman–Crippen LogP) is 1.80. The molecule has 1 rings (SSSR count). The molecular formula is C13H24N4O. The third kappa shape index (κ3) is 4.49. The molecule has 5 heteroatoms. The smallest absolute Gasteiger partial charge is 0.221 e. The van der Waals surface area contributed by atoms with Crippen molar-refractivity contribution in [3.63, 3.8) is 0 Å². The fourth-order valence-electron chi connectivity index (χ4n) is 1.71. The molecule has 0 radical (unpaired) electrons. The SMILES string of the molecule is CCNc1ncnc(OCCCN(C)C)c1CC. The van der Waals surface area contributed by atoms with Crippen LogP contribution in [0.15, 0.2) is 6.33 Å². The van der Waals surface area contributed by atoms with Gasteiger partial charge >= 0.3 is 0 Å². The first-order valence-corrected chi connectivity index (χ1v) is 6.54. The lowest BCUT2D eigenvalue weighted by atomic mass is 10.2. The van der Waals surface area contributed by atoms with Crippen LogP contribution < -0.4 is 10.1 Å². The molecule has 0 saturated heterocycles. The van der Waals surface area contributed by atoms with Crippen LogP contribution in [0.1, 0.15) is 25.8 Å². The van der Waals surface area contributed by atoms with Crippen molar-refractivity contribution in [2.45, 2.75) is 26.7 Å². The molecule has 0 fully saturated rings. The third-order valence-corrected chi connectivity index (χ3v) is 2.59. The van der Waals surface area contributed by atoms with E-state index in [9.17, 15) is 0 Å². The minimum absolute atomic E-state index is 0.688. The number of nitrogens with zero attached hydrogens (tertiary/aromatic N) is 3. The van der Waals surface area contributed by atoms with Gasteiger partial charge < -0.3 is 15.0 Å². The highest BCUT2D eigenvalue weighted by atomic mass is 16.5. The van der Waals surface area contributed by atoms with E-state index in [0.717, 1.165) is 37.3 Å². The number of nitrogens with one attached hydrogen (secondary N) is 1. The molecule has 0 amide bonds. The second-order valence-corrected chi connectivity index (χ2v) is 4.40. The fourth-order valence-corrected chi connectivity index (χ4v) is 1.71. The molecule has 0 aromatic carbocycles. The molecule has 18 heavy (non-hydrogen) atoms. The Balaban J connectivity index is 2.61. The minimum atomic E-state index is 0.688. The van der Waals surface area contributed by atoms with E-state index in [-0.39, 0.29) is 0 Å². The summed E-state index contributed by atoms with van der Waals surface area (Å²) in [5.41, 5.74) is 1.06. The van der Waals surface area contributed by atoms with Gasteiger partial charge in [-0.2, -0.15) is 0 Å². The highest BCUT2D eigenvalue weighted by Gasteiger charge is 2.10. The lowest BCUT2D eigenvalue weighted by Crippen LogP contribution is -2.16. The second-order valence-electron chi connectivity index (χ2n) is 4.40. The molecule has 0 aliphatic rings. The maximum atomic E-state index is 5.75. The van der Waals surface area contributed by atoms with Gasteiger partial charge in [-0.3, -0.25) is 0 Å². The summed E-state index contributed by atoms with van der Waals surface area (Å²) in [6.07, 6.45) is 3.42. The van der Waals surface area contributed by atoms with Gasteiger partial charge in [0.2, 0.25) is 5.88 Å². The van der Waals surface area contributed by atoms with E-state index < -0.39 is 0 Å². The molecule has 0 saturated carbocycles. The molecule has 5 nitrogen and oxygen atoms in total. The van der Waals surface area contributed by atoms with Gasteiger partial charge in [0.05, 0.1) is 12.2 Å². The van der Waals surface area contributed by atoms with Crippen molar-refractivity contribution < 1.29 is 4.74 Å². The number of rotatable bonds is 8. The summed E-state index contributed by atoms with van der Waals surface area (Å²) < 4.78 is 5.75. The highest BCUT2D eigenvalue weighted by Crippen LogP contribution is 2.22. The van der Waals surface area contributed by atoms with Crippen LogP contribution in [0.25, 0.3) is 0 Å². The first kappa shape index (κ1) is 14.7. The van der Waals surface area contributed by atoms with E-state index in [1.54, 1.807) is 6.33 Å². The Morgan fingerprint density at radius 1 is 1.28 bits per heavy atom. The van der Waals surface area contributed by atoms with Crippen LogP contribution in [0.4, 0.5) is 5.82 Å². The van der Waals surface area contributed by atoms with Gasteiger partial charge in [-0.1, -0.05) is 6.92 Å². The van der Waals surface area contributed by atoms with E-state index in [0.29, 0.717) is 12.5 Å². The molecule has 0 atom stereocenters. The highest BCUT2D eigenvalue weighted by molar-refractivity contribution is 5.48. The largest absolute Gasteiger partial charge is 0.477 e. The molecule has 0 aliphatic heterocycles. The number of aromatic nitrogens is 2. The Morgan fingerprint density at radius 3 is 2.67 bits per heavy atom. The topological polar surface area (TPSA) is 50.3 Å². The predicted molar refractivity (Wildman–Crippen MR) is 74.2 cm³/mol. The molecule has 0 spiro atoms. The van der Waals surface area contributed by atoms with Crippen LogP contribution in [-0.4, -0.2) is 48.7 Å². The molecule has 0 bridgehead atoms. The Bertz CT molecular complexity index is 355. The summed E-state index contributed by atoms with van der Waals surface area (Å²) in [5.74, 6) is 1.60. The number of hydrogen-bond donors (Lipinski definition) is 1. The Kier molecular flexibility index (Phi) is 6.43. The van der Waals surface area contributed by atoms with Gasteiger partial charge in [-0.05, 0) is 33.9 Å². The standard InChI is InChI=1S/C13H24N4O/c1-5-11-12(14-6-2)15-10-16-13(11)18-9-7-8-17(3)4/h10H,5-9H2,1-4H3,(H,14,15,16). The average Bonchev–Trinajstić information content (AvgIpc) is 2.35. The van der Waals surface area contributed by atoms with Crippen LogP contribution >= 0.6 is 0 Å². The van der Waals surface area contributed by atoms with Crippen LogP contribution in [0, 0.1) is 0 Å². The second kappa shape index (κ2) is 7.87. The van der Waals surface area contributed by atoms with Crippen molar-refractivity contribution in [1.29, 1.82) is 0 Å². The maximum Gasteiger partial charge on any atom is 0.221 e. The zero-order valence-corrected chi connectivity index (χ0v) is 11.9. The molecule has 0 aliphatic carbocycles. The van der Waals surface area contributed by atoms with Crippen LogP contribution in [0.3, 0.4) is 0 Å². The van der Waals surface area contributed by atoms with E-state index >= 15 is 0 Å². The summed E-state index contributed by atoms with van der Waals surface area (Å²) in [7, 11) is 4.12. The summed E-state index contributed by atoms with van der Waals surface area (Å²) in [6, 6.07) is 0. The van der Waals surface area contributed by atoms with Gasteiger partial charge in [0.15, 0.2) is 0 Å². The number of hydrogen-bond acceptors (Lipinski definition) is 5. The fraction of sp³-hybridized carbons (Fsp3) is 0.692. The maximum absolute atomic E-state index is 5.75. The Hall–Kier alpha value is -1.36. The number of ether oxygens (including phenoxy) is 1. The monoisotopic (exact) mass is 252 g/mol. The Labute approximate surface area is 110 Å². The van der Waals surface area contributed by atoms with Crippen molar-refractivity contribution >= 4 is 5.82 Å². The van der Waals surface area contributed by atoms with E-state index in [1.807, 2.05) is 0 Å². The van der Waals surface area contributed by atoms with E-state index in [4.69, 9.17) is 4.74 Å². The molecule has 1 N–H and O–H groups in total.